The molecule has 0 radical (unpaired) electrons. The minimum Gasteiger partial charge on any atom is -0.449 e. The van der Waals surface area contributed by atoms with Gasteiger partial charge in [-0.05, 0) is 6.42 Å². The van der Waals surface area contributed by atoms with Crippen LogP contribution in [-0.2, 0) is 0 Å². The third kappa shape index (κ3) is 4.59. The summed E-state index contributed by atoms with van der Waals surface area (Å²) < 4.78 is 61.0. The van der Waals surface area contributed by atoms with E-state index >= 15 is 0 Å². The molecule has 0 bridgehead atoms. The summed E-state index contributed by atoms with van der Waals surface area (Å²) in [5, 5.41) is 0. The third-order valence-electron chi connectivity index (χ3n) is 2.21. The maximum absolute atomic E-state index is 12.5. The molecule has 0 aromatic rings. The zero-order chi connectivity index (χ0) is 9.41. The molecule has 0 spiro atoms. The Balaban J connectivity index is 0.00000144. The minimum atomic E-state index is -5.07. The molecule has 0 saturated heterocycles. The van der Waals surface area contributed by atoms with Gasteiger partial charge in [-0.1, -0.05) is 18.7 Å². The molecule has 1 saturated carbocycles. The third-order valence-corrected chi connectivity index (χ3v) is 2.21. The molecule has 1 aliphatic carbocycles. The maximum atomic E-state index is 12.5. The van der Waals surface area contributed by atoms with Crippen molar-refractivity contribution in [2.24, 2.45) is 0 Å². The first kappa shape index (κ1) is 14.4. The molecule has 0 heterocycles. The van der Waals surface area contributed by atoms with Crippen molar-refractivity contribution in [3.8, 4) is 0 Å². The van der Waals surface area contributed by atoms with Gasteiger partial charge in [0.05, 0.1) is 0 Å². The van der Waals surface area contributed by atoms with Crippen LogP contribution in [0.15, 0.2) is 0 Å². The van der Waals surface area contributed by atoms with Gasteiger partial charge < -0.3 is 12.9 Å². The number of alkyl halides is 2. The van der Waals surface area contributed by atoms with Gasteiger partial charge >= 0.3 is 58.4 Å². The van der Waals surface area contributed by atoms with E-state index in [-0.39, 0.29) is 64.2 Å². The minimum absolute atomic E-state index is 0. The van der Waals surface area contributed by atoms with E-state index in [0.29, 0.717) is 0 Å². The van der Waals surface area contributed by atoms with Crippen LogP contribution in [0.3, 0.4) is 0 Å². The van der Waals surface area contributed by atoms with Crippen molar-refractivity contribution >= 4 is 6.98 Å². The first-order chi connectivity index (χ1) is 5.31. The molecule has 1 aliphatic rings. The van der Waals surface area contributed by atoms with Gasteiger partial charge in [0.15, 0.2) is 0 Å². The zero-order valence-corrected chi connectivity index (χ0v) is 10.5. The van der Waals surface area contributed by atoms with Crippen LogP contribution in [0, 0.1) is 0 Å². The second-order valence-electron chi connectivity index (χ2n) is 3.34. The molecule has 13 heavy (non-hydrogen) atoms. The summed E-state index contributed by atoms with van der Waals surface area (Å²) in [6.45, 7) is -5.07. The molecule has 0 aromatic carbocycles. The van der Waals surface area contributed by atoms with Crippen molar-refractivity contribution in [1.29, 1.82) is 0 Å². The largest absolute Gasteiger partial charge is 1.00 e. The topological polar surface area (TPSA) is 0 Å². The van der Waals surface area contributed by atoms with Crippen LogP contribution in [0.2, 0.25) is 5.82 Å². The van der Waals surface area contributed by atoms with Gasteiger partial charge in [-0.3, -0.25) is 0 Å². The van der Waals surface area contributed by atoms with Gasteiger partial charge in [-0.2, -0.15) is 0 Å². The average Bonchev–Trinajstić information content (AvgIpc) is 1.83. The molecule has 0 aliphatic heterocycles. The Morgan fingerprint density at radius 1 is 1.15 bits per heavy atom. The monoisotopic (exact) mass is 226 g/mol. The first-order valence-electron chi connectivity index (χ1n) is 3.89. The van der Waals surface area contributed by atoms with Gasteiger partial charge in [0.25, 0.3) is 0 Å². The van der Waals surface area contributed by atoms with Gasteiger partial charge in [-0.25, -0.2) is 8.78 Å². The molecule has 1 atom stereocenters. The quantitative estimate of drug-likeness (QED) is 0.449. The zero-order valence-electron chi connectivity index (χ0n) is 7.37. The summed E-state index contributed by atoms with van der Waals surface area (Å²) in [5.74, 6) is -4.84. The van der Waals surface area contributed by atoms with E-state index in [1.807, 2.05) is 0 Å². The summed E-state index contributed by atoms with van der Waals surface area (Å²) >= 11 is 0. The number of hydrogen-bond acceptors (Lipinski definition) is 0. The molecule has 1 rings (SSSR count). The van der Waals surface area contributed by atoms with E-state index in [0.717, 1.165) is 0 Å². The SMILES string of the molecule is F[B-](F)(F)C1CCCC(F)(F)C1.[K+]. The van der Waals surface area contributed by atoms with Crippen molar-refractivity contribution in [2.45, 2.75) is 37.4 Å². The summed E-state index contributed by atoms with van der Waals surface area (Å²) in [4.78, 5) is 0. The number of rotatable bonds is 1. The van der Waals surface area contributed by atoms with Crippen LogP contribution < -0.4 is 51.4 Å². The van der Waals surface area contributed by atoms with Crippen LogP contribution >= 0.6 is 0 Å². The smallest absolute Gasteiger partial charge is 0.449 e. The second-order valence-corrected chi connectivity index (χ2v) is 3.34. The predicted octanol–water partition coefficient (Wildman–Crippen LogP) is 0.417. The summed E-state index contributed by atoms with van der Waals surface area (Å²) in [7, 11) is 0. The molecule has 1 fully saturated rings. The average molecular weight is 226 g/mol. The Hall–Kier alpha value is 1.35. The van der Waals surface area contributed by atoms with Crippen LogP contribution in [-0.4, -0.2) is 12.9 Å². The molecule has 0 nitrogen and oxygen atoms in total. The van der Waals surface area contributed by atoms with E-state index < -0.39 is 31.6 Å². The van der Waals surface area contributed by atoms with E-state index in [4.69, 9.17) is 0 Å². The van der Waals surface area contributed by atoms with Crippen molar-refractivity contribution in [3.05, 3.63) is 0 Å². The fraction of sp³-hybridized carbons (Fsp3) is 1.00. The van der Waals surface area contributed by atoms with Crippen molar-refractivity contribution in [2.75, 3.05) is 0 Å². The van der Waals surface area contributed by atoms with E-state index in [2.05, 4.69) is 0 Å². The number of hydrogen-bond donors (Lipinski definition) is 0. The molecule has 0 amide bonds. The normalized spacial score (nSPS) is 27.9. The summed E-state index contributed by atoms with van der Waals surface area (Å²) in [6.07, 6.45) is -1.54. The Morgan fingerprint density at radius 2 is 1.69 bits per heavy atom. The van der Waals surface area contributed by atoms with Crippen molar-refractivity contribution in [1.82, 2.24) is 0 Å². The fourth-order valence-corrected chi connectivity index (χ4v) is 1.53. The molecular formula is C6H9BF5K. The Morgan fingerprint density at radius 3 is 2.00 bits per heavy atom. The van der Waals surface area contributed by atoms with E-state index in [1.54, 1.807) is 0 Å². The van der Waals surface area contributed by atoms with Gasteiger partial charge in [0.1, 0.15) is 0 Å². The van der Waals surface area contributed by atoms with Gasteiger partial charge in [0, 0.05) is 6.42 Å². The van der Waals surface area contributed by atoms with Gasteiger partial charge in [0.2, 0.25) is 5.92 Å². The Bertz CT molecular complexity index is 166. The summed E-state index contributed by atoms with van der Waals surface area (Å²) in [6, 6.07) is 0. The van der Waals surface area contributed by atoms with Crippen molar-refractivity contribution in [3.63, 3.8) is 0 Å². The van der Waals surface area contributed by atoms with Crippen LogP contribution in [0.1, 0.15) is 25.7 Å². The van der Waals surface area contributed by atoms with Gasteiger partial charge in [-0.15, -0.1) is 0 Å². The Kier molecular flexibility index (Phi) is 5.43. The van der Waals surface area contributed by atoms with Crippen molar-refractivity contribution < 1.29 is 73.1 Å². The molecule has 0 N–H and O–H groups in total. The van der Waals surface area contributed by atoms with Crippen LogP contribution in [0.25, 0.3) is 0 Å². The molecule has 0 aromatic heterocycles. The van der Waals surface area contributed by atoms with E-state index in [1.165, 1.54) is 0 Å². The summed E-state index contributed by atoms with van der Waals surface area (Å²) in [5.41, 5.74) is 0. The van der Waals surface area contributed by atoms with E-state index in [9.17, 15) is 21.7 Å². The molecule has 7 heteroatoms. The predicted molar refractivity (Wildman–Crippen MR) is 36.2 cm³/mol. The standard InChI is InChI=1S/C6H9BF5.K/c8-6(9)3-1-2-5(4-6)7(10,11)12;/h5H,1-4H2;/q-1;+1. The first-order valence-corrected chi connectivity index (χ1v) is 3.89. The number of halogens is 5. The second kappa shape index (κ2) is 4.92. The molecule has 1 unspecified atom stereocenters. The Labute approximate surface area is 116 Å². The fourth-order valence-electron chi connectivity index (χ4n) is 1.53. The van der Waals surface area contributed by atoms with Crippen LogP contribution in [0.4, 0.5) is 21.7 Å². The maximum Gasteiger partial charge on any atom is 1.00 e. The molecule has 72 valence electrons. The van der Waals surface area contributed by atoms with Crippen LogP contribution in [0.5, 0.6) is 0 Å². The molecular weight excluding hydrogens is 217 g/mol.